The van der Waals surface area contributed by atoms with Crippen LogP contribution >= 0.6 is 23.2 Å². The van der Waals surface area contributed by atoms with Gasteiger partial charge in [0.2, 0.25) is 0 Å². The van der Waals surface area contributed by atoms with Crippen LogP contribution in [-0.4, -0.2) is 18.4 Å². The summed E-state index contributed by atoms with van der Waals surface area (Å²) in [6, 6.07) is 21.2. The molecule has 0 aliphatic rings. The Morgan fingerprint density at radius 3 is 2.21 bits per heavy atom. The van der Waals surface area contributed by atoms with Crippen molar-refractivity contribution in [1.82, 2.24) is 10.9 Å². The maximum absolute atomic E-state index is 12.2. The van der Waals surface area contributed by atoms with Crippen LogP contribution < -0.4 is 15.6 Å². The Balaban J connectivity index is 1.49. The lowest BCUT2D eigenvalue weighted by Gasteiger charge is -2.10. The summed E-state index contributed by atoms with van der Waals surface area (Å²) in [5, 5.41) is 0.614. The highest BCUT2D eigenvalue weighted by Gasteiger charge is 2.12. The summed E-state index contributed by atoms with van der Waals surface area (Å²) < 4.78 is 5.70. The first-order chi connectivity index (χ1) is 14.0. The van der Waals surface area contributed by atoms with Crippen molar-refractivity contribution < 1.29 is 14.3 Å². The summed E-state index contributed by atoms with van der Waals surface area (Å²) >= 11 is 11.8. The fourth-order valence-corrected chi connectivity index (χ4v) is 3.05. The zero-order valence-electron chi connectivity index (χ0n) is 15.3. The van der Waals surface area contributed by atoms with Gasteiger partial charge in [-0.15, -0.1) is 0 Å². The number of hydrogen-bond acceptors (Lipinski definition) is 3. The van der Waals surface area contributed by atoms with Gasteiger partial charge in [-0.3, -0.25) is 20.4 Å². The van der Waals surface area contributed by atoms with Gasteiger partial charge in [-0.25, -0.2) is 0 Å². The van der Waals surface area contributed by atoms with E-state index >= 15 is 0 Å². The standard InChI is InChI=1S/C22H18Cl2N2O3/c23-17-8-11-19(20(24)14-17)22(28)26-25-21(27)16-6-9-18(10-7-16)29-13-12-15-4-2-1-3-5-15/h1-11,14H,12-13H2,(H,25,27)(H,26,28). The molecule has 0 atom stereocenters. The molecule has 7 heteroatoms. The number of hydrogen-bond donors (Lipinski definition) is 2. The maximum atomic E-state index is 12.2. The highest BCUT2D eigenvalue weighted by atomic mass is 35.5. The minimum absolute atomic E-state index is 0.196. The highest BCUT2D eigenvalue weighted by Crippen LogP contribution is 2.20. The minimum Gasteiger partial charge on any atom is -0.493 e. The topological polar surface area (TPSA) is 67.4 Å². The van der Waals surface area contributed by atoms with Gasteiger partial charge < -0.3 is 4.74 Å². The van der Waals surface area contributed by atoms with Gasteiger partial charge in [-0.1, -0.05) is 53.5 Å². The lowest BCUT2D eigenvalue weighted by Crippen LogP contribution is -2.41. The fraction of sp³-hybridized carbons (Fsp3) is 0.0909. The van der Waals surface area contributed by atoms with Crippen molar-refractivity contribution in [3.8, 4) is 5.75 Å². The Labute approximate surface area is 178 Å². The summed E-state index contributed by atoms with van der Waals surface area (Å²) in [6.07, 6.45) is 0.794. The third-order valence-corrected chi connectivity index (χ3v) is 4.63. The van der Waals surface area contributed by atoms with Crippen LogP contribution in [0.2, 0.25) is 10.0 Å². The van der Waals surface area contributed by atoms with Crippen LogP contribution in [0, 0.1) is 0 Å². The van der Waals surface area contributed by atoms with Crippen molar-refractivity contribution in [2.24, 2.45) is 0 Å². The number of carbonyl (C=O) groups is 2. The van der Waals surface area contributed by atoms with Gasteiger partial charge in [0.25, 0.3) is 11.8 Å². The average molecular weight is 429 g/mol. The molecule has 0 unspecified atom stereocenters. The Bertz CT molecular complexity index is 993. The second-order valence-electron chi connectivity index (χ2n) is 6.14. The van der Waals surface area contributed by atoms with E-state index in [4.69, 9.17) is 27.9 Å². The van der Waals surface area contributed by atoms with E-state index in [1.807, 2.05) is 30.3 Å². The number of halogens is 2. The molecule has 0 bridgehead atoms. The largest absolute Gasteiger partial charge is 0.493 e. The third kappa shape index (κ3) is 5.98. The normalized spacial score (nSPS) is 10.3. The summed E-state index contributed by atoms with van der Waals surface area (Å²) in [5.74, 6) is -0.338. The Morgan fingerprint density at radius 1 is 0.828 bits per heavy atom. The number of carbonyl (C=O) groups excluding carboxylic acids is 2. The quantitative estimate of drug-likeness (QED) is 0.559. The van der Waals surface area contributed by atoms with Crippen LogP contribution in [0.1, 0.15) is 26.3 Å². The third-order valence-electron chi connectivity index (χ3n) is 4.08. The van der Waals surface area contributed by atoms with Gasteiger partial charge in [-0.2, -0.15) is 0 Å². The van der Waals surface area contributed by atoms with E-state index in [2.05, 4.69) is 10.9 Å². The molecule has 3 aromatic carbocycles. The summed E-state index contributed by atoms with van der Waals surface area (Å²) in [7, 11) is 0. The number of nitrogens with one attached hydrogen (secondary N) is 2. The second-order valence-corrected chi connectivity index (χ2v) is 6.98. The molecule has 0 saturated heterocycles. The SMILES string of the molecule is O=C(NNC(=O)c1ccc(Cl)cc1Cl)c1ccc(OCCc2ccccc2)cc1. The van der Waals surface area contributed by atoms with E-state index in [0.29, 0.717) is 22.9 Å². The molecule has 0 spiro atoms. The Kier molecular flexibility index (Phi) is 7.11. The molecule has 0 aliphatic heterocycles. The van der Waals surface area contributed by atoms with Gasteiger partial charge in [0.15, 0.2) is 0 Å². The minimum atomic E-state index is -0.541. The zero-order chi connectivity index (χ0) is 20.6. The molecular formula is C22H18Cl2N2O3. The molecule has 3 rings (SSSR count). The Morgan fingerprint density at radius 2 is 1.52 bits per heavy atom. The van der Waals surface area contributed by atoms with E-state index in [-0.39, 0.29) is 10.6 Å². The van der Waals surface area contributed by atoms with Gasteiger partial charge >= 0.3 is 0 Å². The predicted molar refractivity (Wildman–Crippen MR) is 113 cm³/mol. The first-order valence-corrected chi connectivity index (χ1v) is 9.61. The molecule has 5 nitrogen and oxygen atoms in total. The van der Waals surface area contributed by atoms with Crippen molar-refractivity contribution in [2.45, 2.75) is 6.42 Å². The molecule has 0 saturated carbocycles. The maximum Gasteiger partial charge on any atom is 0.271 e. The van der Waals surface area contributed by atoms with E-state index in [0.717, 1.165) is 6.42 Å². The lowest BCUT2D eigenvalue weighted by molar-refractivity contribution is 0.0846. The molecule has 2 amide bonds. The second kappa shape index (κ2) is 9.96. The van der Waals surface area contributed by atoms with Crippen LogP contribution in [0.25, 0.3) is 0 Å². The molecule has 3 aromatic rings. The summed E-state index contributed by atoms with van der Waals surface area (Å²) in [6.45, 7) is 0.535. The molecule has 0 heterocycles. The van der Waals surface area contributed by atoms with E-state index in [9.17, 15) is 9.59 Å². The van der Waals surface area contributed by atoms with Gasteiger partial charge in [-0.05, 0) is 48.0 Å². The lowest BCUT2D eigenvalue weighted by atomic mass is 10.2. The molecule has 148 valence electrons. The number of ether oxygens (including phenoxy) is 1. The summed E-state index contributed by atoms with van der Waals surface area (Å²) in [4.78, 5) is 24.3. The molecular weight excluding hydrogens is 411 g/mol. The van der Waals surface area contributed by atoms with Crippen molar-refractivity contribution in [2.75, 3.05) is 6.61 Å². The molecule has 0 aliphatic carbocycles. The van der Waals surface area contributed by atoms with Crippen molar-refractivity contribution in [1.29, 1.82) is 0 Å². The van der Waals surface area contributed by atoms with Crippen LogP contribution in [0.15, 0.2) is 72.8 Å². The van der Waals surface area contributed by atoms with Crippen LogP contribution in [-0.2, 0) is 6.42 Å². The molecule has 0 aromatic heterocycles. The molecule has 2 N–H and O–H groups in total. The number of rotatable bonds is 6. The molecule has 0 radical (unpaired) electrons. The molecule has 29 heavy (non-hydrogen) atoms. The van der Waals surface area contributed by atoms with Crippen molar-refractivity contribution in [3.05, 3.63) is 99.5 Å². The van der Waals surface area contributed by atoms with E-state index in [1.165, 1.54) is 17.7 Å². The molecule has 0 fully saturated rings. The highest BCUT2D eigenvalue weighted by molar-refractivity contribution is 6.36. The van der Waals surface area contributed by atoms with E-state index in [1.54, 1.807) is 30.3 Å². The van der Waals surface area contributed by atoms with Crippen LogP contribution in [0.5, 0.6) is 5.75 Å². The number of amides is 2. The van der Waals surface area contributed by atoms with Gasteiger partial charge in [0.05, 0.1) is 17.2 Å². The smallest absolute Gasteiger partial charge is 0.271 e. The number of hydrazine groups is 1. The fourth-order valence-electron chi connectivity index (χ4n) is 2.56. The monoisotopic (exact) mass is 428 g/mol. The van der Waals surface area contributed by atoms with Gasteiger partial charge in [0.1, 0.15) is 5.75 Å². The average Bonchev–Trinajstić information content (AvgIpc) is 2.73. The predicted octanol–water partition coefficient (Wildman–Crippen LogP) is 4.69. The van der Waals surface area contributed by atoms with Crippen LogP contribution in [0.4, 0.5) is 0 Å². The summed E-state index contributed by atoms with van der Waals surface area (Å²) in [5.41, 5.74) is 6.46. The van der Waals surface area contributed by atoms with Crippen LogP contribution in [0.3, 0.4) is 0 Å². The Hall–Kier alpha value is -3.02. The van der Waals surface area contributed by atoms with Crippen molar-refractivity contribution >= 4 is 35.0 Å². The first-order valence-electron chi connectivity index (χ1n) is 8.85. The zero-order valence-corrected chi connectivity index (χ0v) is 16.8. The van der Waals surface area contributed by atoms with Crippen molar-refractivity contribution in [3.63, 3.8) is 0 Å². The van der Waals surface area contributed by atoms with E-state index < -0.39 is 11.8 Å². The number of benzene rings is 3. The first kappa shape index (κ1) is 20.7. The van der Waals surface area contributed by atoms with Gasteiger partial charge in [0, 0.05) is 17.0 Å².